The van der Waals surface area contributed by atoms with Gasteiger partial charge in [0.2, 0.25) is 0 Å². The minimum atomic E-state index is -0.768. The average Bonchev–Trinajstić information content (AvgIpc) is 3.34. The first kappa shape index (κ1) is 66.2. The van der Waals surface area contributed by atoms with Gasteiger partial charge in [-0.05, 0) is 44.9 Å². The van der Waals surface area contributed by atoms with E-state index in [9.17, 15) is 14.4 Å². The van der Waals surface area contributed by atoms with E-state index >= 15 is 0 Å². The van der Waals surface area contributed by atoms with E-state index in [1.807, 2.05) is 0 Å². The van der Waals surface area contributed by atoms with E-state index < -0.39 is 6.10 Å². The summed E-state index contributed by atoms with van der Waals surface area (Å²) in [5, 5.41) is 0. The molecule has 0 saturated carbocycles. The van der Waals surface area contributed by atoms with Crippen LogP contribution in [-0.4, -0.2) is 37.2 Å². The van der Waals surface area contributed by atoms with Crippen LogP contribution in [0.4, 0.5) is 0 Å². The largest absolute Gasteiger partial charge is 0.462 e. The Kier molecular flexibility index (Phi) is 56.2. The minimum absolute atomic E-state index is 0.0675. The van der Waals surface area contributed by atoms with Crippen LogP contribution in [0.3, 0.4) is 0 Å². The number of rotatable bonds is 57. The molecule has 6 heteroatoms. The summed E-state index contributed by atoms with van der Waals surface area (Å²) in [7, 11) is 0. The van der Waals surface area contributed by atoms with Crippen molar-refractivity contribution in [3.05, 3.63) is 12.2 Å². The van der Waals surface area contributed by atoms with Crippen molar-refractivity contribution < 1.29 is 28.6 Å². The van der Waals surface area contributed by atoms with E-state index in [1.54, 1.807) is 0 Å². The van der Waals surface area contributed by atoms with Gasteiger partial charge in [-0.15, -0.1) is 0 Å². The molecule has 68 heavy (non-hydrogen) atoms. The van der Waals surface area contributed by atoms with E-state index in [0.717, 1.165) is 64.2 Å². The van der Waals surface area contributed by atoms with Gasteiger partial charge in [0.25, 0.3) is 0 Å². The molecule has 0 heterocycles. The molecule has 0 amide bonds. The van der Waals surface area contributed by atoms with Gasteiger partial charge in [-0.3, -0.25) is 14.4 Å². The zero-order valence-electron chi connectivity index (χ0n) is 46.2. The maximum Gasteiger partial charge on any atom is 0.306 e. The second-order valence-corrected chi connectivity index (χ2v) is 21.0. The molecule has 0 aromatic rings. The van der Waals surface area contributed by atoms with Gasteiger partial charge < -0.3 is 14.2 Å². The summed E-state index contributed by atoms with van der Waals surface area (Å²) in [6, 6.07) is 0. The Balaban J connectivity index is 4.15. The summed E-state index contributed by atoms with van der Waals surface area (Å²) in [5.74, 6) is -0.852. The standard InChI is InChI=1S/C62H118O6/c1-4-7-10-13-16-19-22-24-26-27-28-29-30-31-32-33-34-35-36-38-40-43-46-49-52-55-61(64)67-58-59(57-66-60(63)54-51-48-45-42-39-21-18-15-12-9-6-3)68-62(65)56-53-50-47-44-41-37-25-23-20-17-14-11-8-5-2/h23,25,59H,4-22,24,26-58H2,1-3H3/b25-23-. The number of carbonyl (C=O) groups is 3. The van der Waals surface area contributed by atoms with Gasteiger partial charge in [-0.1, -0.05) is 296 Å². The third-order valence-electron chi connectivity index (χ3n) is 14.0. The lowest BCUT2D eigenvalue weighted by atomic mass is 10.0. The Morgan fingerprint density at radius 3 is 0.735 bits per heavy atom. The molecule has 1 atom stereocenters. The zero-order chi connectivity index (χ0) is 49.3. The Morgan fingerprint density at radius 1 is 0.279 bits per heavy atom. The first-order valence-corrected chi connectivity index (χ1v) is 30.7. The van der Waals surface area contributed by atoms with Gasteiger partial charge in [0.05, 0.1) is 0 Å². The lowest BCUT2D eigenvalue weighted by molar-refractivity contribution is -0.167. The molecule has 0 aromatic heterocycles. The van der Waals surface area contributed by atoms with E-state index in [1.165, 1.54) is 244 Å². The maximum absolute atomic E-state index is 12.8. The predicted octanol–water partition coefficient (Wildman–Crippen LogP) is 20.5. The number of hydrogen-bond donors (Lipinski definition) is 0. The topological polar surface area (TPSA) is 78.9 Å². The first-order chi connectivity index (χ1) is 33.5. The van der Waals surface area contributed by atoms with Crippen LogP contribution in [0.25, 0.3) is 0 Å². The van der Waals surface area contributed by atoms with Crippen molar-refractivity contribution in [1.82, 2.24) is 0 Å². The fourth-order valence-corrected chi connectivity index (χ4v) is 9.38. The smallest absolute Gasteiger partial charge is 0.306 e. The molecule has 402 valence electrons. The highest BCUT2D eigenvalue weighted by Gasteiger charge is 2.19. The third-order valence-corrected chi connectivity index (χ3v) is 14.0. The number of carbonyl (C=O) groups excluding carboxylic acids is 3. The molecule has 0 aromatic carbocycles. The van der Waals surface area contributed by atoms with Gasteiger partial charge in [0, 0.05) is 19.3 Å². The van der Waals surface area contributed by atoms with Crippen LogP contribution in [0.15, 0.2) is 12.2 Å². The van der Waals surface area contributed by atoms with Crippen LogP contribution in [0.1, 0.15) is 348 Å². The van der Waals surface area contributed by atoms with Crippen molar-refractivity contribution in [3.63, 3.8) is 0 Å². The van der Waals surface area contributed by atoms with Crippen LogP contribution in [0.5, 0.6) is 0 Å². The van der Waals surface area contributed by atoms with Gasteiger partial charge in [0.1, 0.15) is 13.2 Å². The summed E-state index contributed by atoms with van der Waals surface area (Å²) >= 11 is 0. The van der Waals surface area contributed by atoms with Crippen LogP contribution in [0.2, 0.25) is 0 Å². The lowest BCUT2D eigenvalue weighted by Gasteiger charge is -2.18. The van der Waals surface area contributed by atoms with E-state index in [-0.39, 0.29) is 31.1 Å². The summed E-state index contributed by atoms with van der Waals surface area (Å²) in [6.45, 7) is 6.68. The Morgan fingerprint density at radius 2 is 0.485 bits per heavy atom. The molecule has 0 saturated heterocycles. The number of ether oxygens (including phenoxy) is 3. The molecule has 0 N–H and O–H groups in total. The zero-order valence-corrected chi connectivity index (χ0v) is 46.2. The van der Waals surface area contributed by atoms with Gasteiger partial charge >= 0.3 is 17.9 Å². The Labute approximate surface area is 424 Å². The molecule has 0 aliphatic carbocycles. The van der Waals surface area contributed by atoms with Crippen molar-refractivity contribution in [2.24, 2.45) is 0 Å². The fourth-order valence-electron chi connectivity index (χ4n) is 9.38. The molecule has 0 bridgehead atoms. The van der Waals surface area contributed by atoms with Crippen LogP contribution in [-0.2, 0) is 28.6 Å². The number of esters is 3. The van der Waals surface area contributed by atoms with Crippen LogP contribution < -0.4 is 0 Å². The van der Waals surface area contributed by atoms with Gasteiger partial charge in [-0.2, -0.15) is 0 Å². The molecular weight excluding hydrogens is 841 g/mol. The average molecular weight is 960 g/mol. The number of hydrogen-bond acceptors (Lipinski definition) is 6. The highest BCUT2D eigenvalue weighted by Crippen LogP contribution is 2.18. The normalized spacial score (nSPS) is 12.0. The Bertz CT molecular complexity index is 1060. The SMILES string of the molecule is CCCCCCC/C=C\CCCCCCCC(=O)OC(COC(=O)CCCCCCCCCCCCC)COC(=O)CCCCCCCCCCCCCCCCCCCCCCCCCCC. The van der Waals surface area contributed by atoms with Gasteiger partial charge in [-0.25, -0.2) is 0 Å². The summed E-state index contributed by atoms with van der Waals surface area (Å²) in [4.78, 5) is 38.1. The van der Waals surface area contributed by atoms with E-state index in [0.29, 0.717) is 19.3 Å². The molecule has 0 rings (SSSR count). The predicted molar refractivity (Wildman–Crippen MR) is 293 cm³/mol. The van der Waals surface area contributed by atoms with Gasteiger partial charge in [0.15, 0.2) is 6.10 Å². The molecule has 0 aliphatic rings. The number of allylic oxidation sites excluding steroid dienone is 2. The molecule has 1 unspecified atom stereocenters. The first-order valence-electron chi connectivity index (χ1n) is 30.7. The molecule has 0 radical (unpaired) electrons. The summed E-state index contributed by atoms with van der Waals surface area (Å²) < 4.78 is 16.9. The van der Waals surface area contributed by atoms with Crippen LogP contribution >= 0.6 is 0 Å². The summed E-state index contributed by atoms with van der Waals surface area (Å²) in [6.07, 6.45) is 66.5. The molecule has 0 aliphatic heterocycles. The van der Waals surface area contributed by atoms with E-state index in [2.05, 4.69) is 32.9 Å². The minimum Gasteiger partial charge on any atom is -0.462 e. The third kappa shape index (κ3) is 55.1. The van der Waals surface area contributed by atoms with Crippen molar-refractivity contribution >= 4 is 17.9 Å². The van der Waals surface area contributed by atoms with E-state index in [4.69, 9.17) is 14.2 Å². The Hall–Kier alpha value is -1.85. The highest BCUT2D eigenvalue weighted by atomic mass is 16.6. The molecule has 0 spiro atoms. The quantitative estimate of drug-likeness (QED) is 0.0262. The van der Waals surface area contributed by atoms with Crippen molar-refractivity contribution in [3.8, 4) is 0 Å². The summed E-state index contributed by atoms with van der Waals surface area (Å²) in [5.41, 5.74) is 0. The fraction of sp³-hybridized carbons (Fsp3) is 0.919. The van der Waals surface area contributed by atoms with Crippen molar-refractivity contribution in [2.45, 2.75) is 354 Å². The molecule has 0 fully saturated rings. The van der Waals surface area contributed by atoms with Crippen molar-refractivity contribution in [1.29, 1.82) is 0 Å². The van der Waals surface area contributed by atoms with Crippen molar-refractivity contribution in [2.75, 3.05) is 13.2 Å². The number of unbranched alkanes of at least 4 members (excludes halogenated alkanes) is 44. The van der Waals surface area contributed by atoms with Crippen LogP contribution in [0, 0.1) is 0 Å². The highest BCUT2D eigenvalue weighted by molar-refractivity contribution is 5.71. The maximum atomic E-state index is 12.8. The molecule has 6 nitrogen and oxygen atoms in total. The molecular formula is C62H118O6. The second-order valence-electron chi connectivity index (χ2n) is 21.0. The monoisotopic (exact) mass is 959 g/mol. The lowest BCUT2D eigenvalue weighted by Crippen LogP contribution is -2.30. The second kappa shape index (κ2) is 57.7.